The van der Waals surface area contributed by atoms with Crippen molar-refractivity contribution in [3.63, 3.8) is 0 Å². The first-order chi connectivity index (χ1) is 19.6. The SMILES string of the molecule is COC(=O)c1ccc(C2=CCN(Cc3cc4c(-c5ccc(NC(=O)OC(C)(C)C)nc5)ccnc4n3C)CC2)nc1. The minimum atomic E-state index is -0.582. The Labute approximate surface area is 239 Å². The van der Waals surface area contributed by atoms with E-state index in [1.54, 1.807) is 24.5 Å². The first-order valence-electron chi connectivity index (χ1n) is 13.5. The quantitative estimate of drug-likeness (QED) is 0.313. The van der Waals surface area contributed by atoms with Gasteiger partial charge in [0.1, 0.15) is 17.1 Å². The first kappa shape index (κ1) is 28.0. The van der Waals surface area contributed by atoms with Gasteiger partial charge < -0.3 is 14.0 Å². The van der Waals surface area contributed by atoms with Crippen molar-refractivity contribution < 1.29 is 19.1 Å². The average molecular weight is 555 g/mol. The van der Waals surface area contributed by atoms with E-state index in [1.165, 1.54) is 12.7 Å². The van der Waals surface area contributed by atoms with Crippen LogP contribution in [-0.4, -0.2) is 62.3 Å². The van der Waals surface area contributed by atoms with E-state index in [1.807, 2.05) is 52.2 Å². The van der Waals surface area contributed by atoms with Crippen molar-refractivity contribution in [2.24, 2.45) is 7.05 Å². The Hall–Kier alpha value is -4.57. The largest absolute Gasteiger partial charge is 0.465 e. The molecule has 4 aromatic heterocycles. The molecule has 10 heteroatoms. The summed E-state index contributed by atoms with van der Waals surface area (Å²) in [6.07, 6.45) is 7.65. The zero-order valence-corrected chi connectivity index (χ0v) is 24.0. The molecule has 1 aliphatic heterocycles. The molecule has 0 saturated carbocycles. The molecule has 10 nitrogen and oxygen atoms in total. The number of carbonyl (C=O) groups is 2. The Morgan fingerprint density at radius 2 is 1.88 bits per heavy atom. The highest BCUT2D eigenvalue weighted by molar-refractivity contribution is 5.94. The zero-order valence-electron chi connectivity index (χ0n) is 24.0. The number of amides is 1. The van der Waals surface area contributed by atoms with Crippen LogP contribution in [0.4, 0.5) is 10.6 Å². The summed E-state index contributed by atoms with van der Waals surface area (Å²) in [6, 6.07) is 11.5. The van der Waals surface area contributed by atoms with Crippen LogP contribution in [0.1, 0.15) is 48.9 Å². The molecule has 0 unspecified atom stereocenters. The fraction of sp³-hybridized carbons (Fsp3) is 0.323. The second kappa shape index (κ2) is 11.5. The van der Waals surface area contributed by atoms with Crippen LogP contribution in [0, 0.1) is 0 Å². The van der Waals surface area contributed by atoms with Crippen LogP contribution in [0.25, 0.3) is 27.7 Å². The molecule has 1 aliphatic rings. The molecule has 5 heterocycles. The number of pyridine rings is 3. The Morgan fingerprint density at radius 1 is 1.05 bits per heavy atom. The van der Waals surface area contributed by atoms with Gasteiger partial charge in [-0.1, -0.05) is 6.08 Å². The lowest BCUT2D eigenvalue weighted by molar-refractivity contribution is 0.0597. The summed E-state index contributed by atoms with van der Waals surface area (Å²) in [7, 11) is 3.40. The fourth-order valence-corrected chi connectivity index (χ4v) is 4.85. The molecule has 0 saturated heterocycles. The highest BCUT2D eigenvalue weighted by atomic mass is 16.6. The van der Waals surface area contributed by atoms with E-state index in [4.69, 9.17) is 9.47 Å². The maximum atomic E-state index is 12.1. The van der Waals surface area contributed by atoms with Gasteiger partial charge in [-0.25, -0.2) is 19.6 Å². The van der Waals surface area contributed by atoms with Crippen LogP contribution in [0.3, 0.4) is 0 Å². The lowest BCUT2D eigenvalue weighted by Gasteiger charge is -2.26. The van der Waals surface area contributed by atoms with Gasteiger partial charge in [0, 0.05) is 61.9 Å². The highest BCUT2D eigenvalue weighted by Gasteiger charge is 2.19. The number of aromatic nitrogens is 4. The molecule has 1 amide bonds. The van der Waals surface area contributed by atoms with Crippen LogP contribution < -0.4 is 5.32 Å². The number of aryl methyl sites for hydroxylation is 1. The zero-order chi connectivity index (χ0) is 29.1. The minimum absolute atomic E-state index is 0.385. The second-order valence-corrected chi connectivity index (χ2v) is 11.0. The Balaban J connectivity index is 1.29. The lowest BCUT2D eigenvalue weighted by atomic mass is 10.0. The molecule has 0 spiro atoms. The van der Waals surface area contributed by atoms with Crippen molar-refractivity contribution >= 4 is 34.5 Å². The normalized spacial score (nSPS) is 14.0. The third-order valence-corrected chi connectivity index (χ3v) is 6.92. The molecule has 0 atom stereocenters. The molecular formula is C31H34N6O4. The topological polar surface area (TPSA) is 111 Å². The van der Waals surface area contributed by atoms with E-state index < -0.39 is 11.7 Å². The van der Waals surface area contributed by atoms with Crippen LogP contribution >= 0.6 is 0 Å². The summed E-state index contributed by atoms with van der Waals surface area (Å²) >= 11 is 0. The van der Waals surface area contributed by atoms with Gasteiger partial charge in [0.15, 0.2) is 0 Å². The molecule has 41 heavy (non-hydrogen) atoms. The maximum absolute atomic E-state index is 12.1. The summed E-state index contributed by atoms with van der Waals surface area (Å²) in [5.74, 6) is 0.0399. The van der Waals surface area contributed by atoms with E-state index in [0.29, 0.717) is 11.4 Å². The third kappa shape index (κ3) is 6.44. The highest BCUT2D eigenvalue weighted by Crippen LogP contribution is 2.31. The lowest BCUT2D eigenvalue weighted by Crippen LogP contribution is -2.29. The van der Waals surface area contributed by atoms with Gasteiger partial charge in [0.25, 0.3) is 0 Å². The minimum Gasteiger partial charge on any atom is -0.465 e. The van der Waals surface area contributed by atoms with Crippen molar-refractivity contribution in [1.82, 2.24) is 24.4 Å². The number of anilines is 1. The number of esters is 1. The summed E-state index contributed by atoms with van der Waals surface area (Å²) in [5.41, 5.74) is 5.94. The number of hydrogen-bond acceptors (Lipinski definition) is 8. The predicted octanol–water partition coefficient (Wildman–Crippen LogP) is 5.45. The number of methoxy groups -OCH3 is 1. The van der Waals surface area contributed by atoms with Crippen molar-refractivity contribution in [1.29, 1.82) is 0 Å². The molecule has 0 aromatic carbocycles. The molecular weight excluding hydrogens is 520 g/mol. The van der Waals surface area contributed by atoms with E-state index in [2.05, 4.69) is 41.9 Å². The average Bonchev–Trinajstić information content (AvgIpc) is 3.27. The first-order valence-corrected chi connectivity index (χ1v) is 13.5. The maximum Gasteiger partial charge on any atom is 0.413 e. The van der Waals surface area contributed by atoms with Gasteiger partial charge in [0.2, 0.25) is 0 Å². The molecule has 0 fully saturated rings. The molecule has 0 aliphatic carbocycles. The summed E-state index contributed by atoms with van der Waals surface area (Å²) in [6.45, 7) is 7.92. The van der Waals surface area contributed by atoms with Gasteiger partial charge in [-0.05, 0) is 74.7 Å². The van der Waals surface area contributed by atoms with E-state index in [-0.39, 0.29) is 5.97 Å². The van der Waals surface area contributed by atoms with E-state index in [0.717, 1.165) is 59.6 Å². The molecule has 212 valence electrons. The van der Waals surface area contributed by atoms with Crippen LogP contribution in [-0.2, 0) is 23.1 Å². The fourth-order valence-electron chi connectivity index (χ4n) is 4.85. The second-order valence-electron chi connectivity index (χ2n) is 11.0. The molecule has 0 bridgehead atoms. The van der Waals surface area contributed by atoms with Crippen LogP contribution in [0.2, 0.25) is 0 Å². The Bertz CT molecular complexity index is 1600. The standard InChI is InChI=1S/C31H34N6O4/c1-31(2,3)41-30(39)35-27-9-7-21(17-34-27)24-10-13-32-28-25(24)16-23(36(28)4)19-37-14-11-20(12-15-37)26-8-6-22(18-33-26)29(38)40-5/h6-11,13,16-18H,12,14-15,19H2,1-5H3,(H,34,35,39). The molecule has 4 aromatic rings. The number of rotatable bonds is 6. The summed E-state index contributed by atoms with van der Waals surface area (Å²) in [4.78, 5) is 39.7. The monoisotopic (exact) mass is 554 g/mol. The van der Waals surface area contributed by atoms with Gasteiger partial charge >= 0.3 is 12.1 Å². The summed E-state index contributed by atoms with van der Waals surface area (Å²) in [5, 5.41) is 3.72. The van der Waals surface area contributed by atoms with Crippen molar-refractivity contribution in [2.45, 2.75) is 39.3 Å². The van der Waals surface area contributed by atoms with E-state index in [9.17, 15) is 9.59 Å². The van der Waals surface area contributed by atoms with Gasteiger partial charge in [-0.2, -0.15) is 0 Å². The van der Waals surface area contributed by atoms with Crippen molar-refractivity contribution in [3.05, 3.63) is 78.0 Å². The number of ether oxygens (including phenoxy) is 2. The smallest absolute Gasteiger partial charge is 0.413 e. The van der Waals surface area contributed by atoms with Crippen molar-refractivity contribution in [2.75, 3.05) is 25.5 Å². The summed E-state index contributed by atoms with van der Waals surface area (Å²) < 4.78 is 12.2. The number of nitrogens with zero attached hydrogens (tertiary/aromatic N) is 5. The molecule has 1 N–H and O–H groups in total. The van der Waals surface area contributed by atoms with Crippen LogP contribution in [0.5, 0.6) is 0 Å². The number of carbonyl (C=O) groups excluding carboxylic acids is 2. The molecule has 0 radical (unpaired) electrons. The Kier molecular flexibility index (Phi) is 7.85. The van der Waals surface area contributed by atoms with Gasteiger partial charge in [-0.15, -0.1) is 0 Å². The van der Waals surface area contributed by atoms with Crippen molar-refractivity contribution in [3.8, 4) is 11.1 Å². The number of nitrogens with one attached hydrogen (secondary N) is 1. The predicted molar refractivity (Wildman–Crippen MR) is 157 cm³/mol. The number of fused-ring (bicyclic) bond motifs is 1. The van der Waals surface area contributed by atoms with Crippen LogP contribution in [0.15, 0.2) is 61.1 Å². The number of hydrogen-bond donors (Lipinski definition) is 1. The third-order valence-electron chi connectivity index (χ3n) is 6.92. The Morgan fingerprint density at radius 3 is 2.51 bits per heavy atom. The van der Waals surface area contributed by atoms with Gasteiger partial charge in [0.05, 0.1) is 18.4 Å². The van der Waals surface area contributed by atoms with E-state index >= 15 is 0 Å². The molecule has 5 rings (SSSR count). The van der Waals surface area contributed by atoms with Gasteiger partial charge in [-0.3, -0.25) is 15.2 Å².